The van der Waals surface area contributed by atoms with Crippen molar-refractivity contribution in [3.05, 3.63) is 36.4 Å². The summed E-state index contributed by atoms with van der Waals surface area (Å²) in [6.07, 6.45) is 1.51. The largest absolute Gasteiger partial charge is 0.492 e. The van der Waals surface area contributed by atoms with Crippen molar-refractivity contribution < 1.29 is 13.2 Å². The fourth-order valence-electron chi connectivity index (χ4n) is 1.71. The average molecular weight is 297 g/mol. The second kappa shape index (κ2) is 6.41. The topological polar surface area (TPSA) is 55.4 Å². The van der Waals surface area contributed by atoms with Crippen molar-refractivity contribution in [1.29, 1.82) is 0 Å². The number of ether oxygens (including phenoxy) is 1. The number of hydrogen-bond acceptors (Lipinski definition) is 3. The molecular formula is C15H23NO3S. The average Bonchev–Trinajstić information content (AvgIpc) is 2.36. The van der Waals surface area contributed by atoms with E-state index < -0.39 is 10.0 Å². The lowest BCUT2D eigenvalue weighted by Gasteiger charge is -2.21. The summed E-state index contributed by atoms with van der Waals surface area (Å²) in [6, 6.07) is 5.29. The minimum atomic E-state index is -3.60. The van der Waals surface area contributed by atoms with Crippen LogP contribution in [0.4, 0.5) is 0 Å². The fourth-order valence-corrected chi connectivity index (χ4v) is 2.87. The molecule has 0 heterocycles. The Morgan fingerprint density at radius 3 is 2.50 bits per heavy atom. The summed E-state index contributed by atoms with van der Waals surface area (Å²) in [6.45, 7) is 12.1. The summed E-state index contributed by atoms with van der Waals surface area (Å²) in [5, 5.41) is 0. The third kappa shape index (κ3) is 4.08. The Morgan fingerprint density at radius 1 is 1.35 bits per heavy atom. The summed E-state index contributed by atoms with van der Waals surface area (Å²) in [5.41, 5.74) is 0.813. The highest BCUT2D eigenvalue weighted by atomic mass is 32.2. The molecule has 0 atom stereocenters. The van der Waals surface area contributed by atoms with E-state index >= 15 is 0 Å². The zero-order chi connectivity index (χ0) is 15.4. The first-order valence-electron chi connectivity index (χ1n) is 6.60. The third-order valence-corrected chi connectivity index (χ3v) is 4.26. The summed E-state index contributed by atoms with van der Waals surface area (Å²) < 4.78 is 32.6. The van der Waals surface area contributed by atoms with Gasteiger partial charge < -0.3 is 4.74 Å². The van der Waals surface area contributed by atoms with E-state index in [4.69, 9.17) is 4.74 Å². The summed E-state index contributed by atoms with van der Waals surface area (Å²) in [7, 11) is -3.60. The van der Waals surface area contributed by atoms with E-state index in [2.05, 4.69) is 11.3 Å². The molecule has 1 aromatic rings. The SMILES string of the molecule is C=CCNS(=O)(=O)c1cc(C(C)(C)C)ccc1OCC. The van der Waals surface area contributed by atoms with Crippen LogP contribution in [0.5, 0.6) is 5.75 Å². The van der Waals surface area contributed by atoms with Gasteiger partial charge in [-0.1, -0.05) is 32.9 Å². The molecule has 0 bridgehead atoms. The van der Waals surface area contributed by atoms with Crippen molar-refractivity contribution in [2.75, 3.05) is 13.2 Å². The van der Waals surface area contributed by atoms with Crippen LogP contribution in [-0.2, 0) is 15.4 Å². The number of rotatable bonds is 6. The first-order chi connectivity index (χ1) is 9.22. The molecule has 0 amide bonds. The van der Waals surface area contributed by atoms with E-state index in [0.29, 0.717) is 12.4 Å². The van der Waals surface area contributed by atoms with E-state index in [0.717, 1.165) is 5.56 Å². The molecule has 4 nitrogen and oxygen atoms in total. The molecule has 112 valence electrons. The molecule has 1 rings (SSSR count). The predicted octanol–water partition coefficient (Wildman–Crippen LogP) is 2.85. The van der Waals surface area contributed by atoms with Gasteiger partial charge in [0.1, 0.15) is 10.6 Å². The lowest BCUT2D eigenvalue weighted by atomic mass is 9.87. The Kier molecular flexibility index (Phi) is 5.36. The van der Waals surface area contributed by atoms with Crippen LogP contribution in [-0.4, -0.2) is 21.6 Å². The molecule has 1 N–H and O–H groups in total. The van der Waals surface area contributed by atoms with Gasteiger partial charge in [0.2, 0.25) is 10.0 Å². The first-order valence-corrected chi connectivity index (χ1v) is 8.08. The van der Waals surface area contributed by atoms with E-state index in [1.54, 1.807) is 12.1 Å². The van der Waals surface area contributed by atoms with Crippen molar-refractivity contribution in [1.82, 2.24) is 4.72 Å². The standard InChI is InChI=1S/C15H23NO3S/c1-6-10-16-20(17,18)14-11-12(15(3,4)5)8-9-13(14)19-7-2/h6,8-9,11,16H,1,7,10H2,2-5H3. The third-order valence-electron chi connectivity index (χ3n) is 2.82. The van der Waals surface area contributed by atoms with Crippen LogP contribution in [0.3, 0.4) is 0 Å². The molecule has 0 saturated carbocycles. The van der Waals surface area contributed by atoms with Gasteiger partial charge in [-0.3, -0.25) is 0 Å². The van der Waals surface area contributed by atoms with Crippen molar-refractivity contribution in [3.63, 3.8) is 0 Å². The minimum absolute atomic E-state index is 0.131. The lowest BCUT2D eigenvalue weighted by Crippen LogP contribution is -2.25. The van der Waals surface area contributed by atoms with Crippen molar-refractivity contribution in [2.24, 2.45) is 0 Å². The molecule has 0 aliphatic heterocycles. The number of sulfonamides is 1. The molecule has 0 aromatic heterocycles. The van der Waals surface area contributed by atoms with Crippen LogP contribution in [0.1, 0.15) is 33.3 Å². The number of nitrogens with one attached hydrogen (secondary N) is 1. The molecule has 0 fully saturated rings. The monoisotopic (exact) mass is 297 g/mol. The van der Waals surface area contributed by atoms with Crippen LogP contribution in [0.15, 0.2) is 35.7 Å². The quantitative estimate of drug-likeness (QED) is 0.821. The van der Waals surface area contributed by atoms with Crippen LogP contribution >= 0.6 is 0 Å². The van der Waals surface area contributed by atoms with Gasteiger partial charge in [0, 0.05) is 6.54 Å². The Hall–Kier alpha value is -1.33. The molecule has 0 aliphatic carbocycles. The zero-order valence-electron chi connectivity index (χ0n) is 12.6. The molecule has 0 radical (unpaired) electrons. The van der Waals surface area contributed by atoms with Crippen LogP contribution in [0.25, 0.3) is 0 Å². The zero-order valence-corrected chi connectivity index (χ0v) is 13.4. The van der Waals surface area contributed by atoms with E-state index in [1.165, 1.54) is 6.08 Å². The van der Waals surface area contributed by atoms with Gasteiger partial charge in [0.15, 0.2) is 0 Å². The van der Waals surface area contributed by atoms with Gasteiger partial charge in [0.25, 0.3) is 0 Å². The maximum atomic E-state index is 12.3. The van der Waals surface area contributed by atoms with Gasteiger partial charge in [-0.05, 0) is 30.0 Å². The summed E-state index contributed by atoms with van der Waals surface area (Å²) >= 11 is 0. The minimum Gasteiger partial charge on any atom is -0.492 e. The van der Waals surface area contributed by atoms with Crippen molar-refractivity contribution >= 4 is 10.0 Å². The highest BCUT2D eigenvalue weighted by molar-refractivity contribution is 7.89. The number of benzene rings is 1. The second-order valence-electron chi connectivity index (χ2n) is 5.49. The highest BCUT2D eigenvalue weighted by Gasteiger charge is 2.23. The molecule has 0 saturated heterocycles. The van der Waals surface area contributed by atoms with Crippen molar-refractivity contribution in [3.8, 4) is 5.75 Å². The van der Waals surface area contributed by atoms with E-state index in [9.17, 15) is 8.42 Å². The molecular weight excluding hydrogens is 274 g/mol. The van der Waals surface area contributed by atoms with Gasteiger partial charge >= 0.3 is 0 Å². The first kappa shape index (κ1) is 16.7. The van der Waals surface area contributed by atoms with Gasteiger partial charge in [-0.25, -0.2) is 13.1 Å². The van der Waals surface area contributed by atoms with Crippen molar-refractivity contribution in [2.45, 2.75) is 38.0 Å². The molecule has 0 spiro atoms. The van der Waals surface area contributed by atoms with E-state index in [-0.39, 0.29) is 16.9 Å². The maximum absolute atomic E-state index is 12.3. The van der Waals surface area contributed by atoms with Crippen LogP contribution in [0, 0.1) is 0 Å². The number of hydrogen-bond donors (Lipinski definition) is 1. The van der Waals surface area contributed by atoms with Crippen LogP contribution < -0.4 is 9.46 Å². The predicted molar refractivity (Wildman–Crippen MR) is 81.7 cm³/mol. The molecule has 20 heavy (non-hydrogen) atoms. The van der Waals surface area contributed by atoms with Gasteiger partial charge in [-0.2, -0.15) is 0 Å². The Labute approximate surface area is 121 Å². The van der Waals surface area contributed by atoms with Gasteiger partial charge in [0.05, 0.1) is 6.61 Å². The fraction of sp³-hybridized carbons (Fsp3) is 0.467. The van der Waals surface area contributed by atoms with Crippen LogP contribution in [0.2, 0.25) is 0 Å². The Balaban J connectivity index is 3.35. The molecule has 5 heteroatoms. The lowest BCUT2D eigenvalue weighted by molar-refractivity contribution is 0.330. The Morgan fingerprint density at radius 2 is 2.00 bits per heavy atom. The Bertz CT molecular complexity index is 571. The normalized spacial score (nSPS) is 12.2. The summed E-state index contributed by atoms with van der Waals surface area (Å²) in [4.78, 5) is 0.175. The van der Waals surface area contributed by atoms with Gasteiger partial charge in [-0.15, -0.1) is 6.58 Å². The van der Waals surface area contributed by atoms with E-state index in [1.807, 2.05) is 33.8 Å². The smallest absolute Gasteiger partial charge is 0.244 e. The second-order valence-corrected chi connectivity index (χ2v) is 7.22. The maximum Gasteiger partial charge on any atom is 0.244 e. The highest BCUT2D eigenvalue weighted by Crippen LogP contribution is 2.30. The molecule has 0 unspecified atom stereocenters. The molecule has 1 aromatic carbocycles. The summed E-state index contributed by atoms with van der Waals surface area (Å²) in [5.74, 6) is 0.372. The molecule has 0 aliphatic rings.